The van der Waals surface area contributed by atoms with Crippen molar-refractivity contribution >= 4 is 11.7 Å². The Bertz CT molecular complexity index is 480. The number of carbonyl (C=O) groups excluding carboxylic acids is 1. The quantitative estimate of drug-likeness (QED) is 0.836. The van der Waals surface area contributed by atoms with Gasteiger partial charge in [-0.2, -0.15) is 0 Å². The van der Waals surface area contributed by atoms with Crippen LogP contribution in [0.2, 0.25) is 0 Å². The summed E-state index contributed by atoms with van der Waals surface area (Å²) in [5.41, 5.74) is 6.03. The molecule has 0 spiro atoms. The number of anilines is 1. The molecule has 1 aliphatic heterocycles. The maximum absolute atomic E-state index is 12.3. The molecule has 0 bridgehead atoms. The molecule has 1 atom stereocenters. The summed E-state index contributed by atoms with van der Waals surface area (Å²) in [7, 11) is 3.55. The van der Waals surface area contributed by atoms with Crippen LogP contribution in [0.5, 0.6) is 0 Å². The second-order valence-electron chi connectivity index (χ2n) is 5.58. The smallest absolute Gasteiger partial charge is 0.272 e. The van der Waals surface area contributed by atoms with Gasteiger partial charge in [0.05, 0.1) is 6.61 Å². The molecule has 6 heteroatoms. The standard InChI is InChI=1S/C15H24N4O2/c1-18(15(20)13-4-3-5-14(16)17-13)10-12-6-7-19(11-12)8-9-21-2/h3-5,12H,6-11H2,1-2H3,(H2,16,17)/t12-/m0/s1. The van der Waals surface area contributed by atoms with Gasteiger partial charge in [-0.3, -0.25) is 4.79 Å². The number of rotatable bonds is 6. The second kappa shape index (κ2) is 7.38. The summed E-state index contributed by atoms with van der Waals surface area (Å²) in [6.45, 7) is 4.56. The predicted molar refractivity (Wildman–Crippen MR) is 82.0 cm³/mol. The van der Waals surface area contributed by atoms with E-state index in [9.17, 15) is 4.79 Å². The average Bonchev–Trinajstić information content (AvgIpc) is 2.91. The van der Waals surface area contributed by atoms with Crippen LogP contribution in [0.25, 0.3) is 0 Å². The number of pyridine rings is 1. The molecular weight excluding hydrogens is 268 g/mol. The van der Waals surface area contributed by atoms with Crippen LogP contribution in [0.1, 0.15) is 16.9 Å². The Morgan fingerprint density at radius 2 is 2.38 bits per heavy atom. The lowest BCUT2D eigenvalue weighted by atomic mass is 10.1. The van der Waals surface area contributed by atoms with Crippen molar-refractivity contribution in [3.8, 4) is 0 Å². The molecule has 0 radical (unpaired) electrons. The molecule has 116 valence electrons. The number of aromatic nitrogens is 1. The maximum atomic E-state index is 12.3. The number of amides is 1. The minimum absolute atomic E-state index is 0.0716. The summed E-state index contributed by atoms with van der Waals surface area (Å²) in [6.07, 6.45) is 1.12. The van der Waals surface area contributed by atoms with E-state index in [0.29, 0.717) is 17.4 Å². The second-order valence-corrected chi connectivity index (χ2v) is 5.58. The van der Waals surface area contributed by atoms with Crippen molar-refractivity contribution in [3.63, 3.8) is 0 Å². The molecule has 1 aromatic heterocycles. The van der Waals surface area contributed by atoms with Gasteiger partial charge in [0.2, 0.25) is 0 Å². The molecule has 1 amide bonds. The minimum Gasteiger partial charge on any atom is -0.384 e. The van der Waals surface area contributed by atoms with Crippen molar-refractivity contribution in [1.82, 2.24) is 14.8 Å². The van der Waals surface area contributed by atoms with Crippen molar-refractivity contribution in [2.24, 2.45) is 5.92 Å². The van der Waals surface area contributed by atoms with E-state index >= 15 is 0 Å². The monoisotopic (exact) mass is 292 g/mol. The minimum atomic E-state index is -0.0716. The largest absolute Gasteiger partial charge is 0.384 e. The Hall–Kier alpha value is -1.66. The van der Waals surface area contributed by atoms with Crippen LogP contribution in [0.4, 0.5) is 5.82 Å². The fraction of sp³-hybridized carbons (Fsp3) is 0.600. The van der Waals surface area contributed by atoms with Crippen molar-refractivity contribution < 1.29 is 9.53 Å². The van der Waals surface area contributed by atoms with Gasteiger partial charge < -0.3 is 20.3 Å². The predicted octanol–water partition coefficient (Wildman–Crippen LogP) is 0.704. The van der Waals surface area contributed by atoms with E-state index in [1.807, 2.05) is 7.05 Å². The zero-order chi connectivity index (χ0) is 15.2. The molecule has 1 aromatic rings. The van der Waals surface area contributed by atoms with Gasteiger partial charge in [0, 0.05) is 33.8 Å². The number of ether oxygens (including phenoxy) is 1. The topological polar surface area (TPSA) is 71.7 Å². The highest BCUT2D eigenvalue weighted by molar-refractivity contribution is 5.92. The van der Waals surface area contributed by atoms with Crippen LogP contribution in [0.15, 0.2) is 18.2 Å². The van der Waals surface area contributed by atoms with Gasteiger partial charge >= 0.3 is 0 Å². The molecule has 0 saturated carbocycles. The van der Waals surface area contributed by atoms with Crippen LogP contribution in [0, 0.1) is 5.92 Å². The molecule has 0 aromatic carbocycles. The van der Waals surface area contributed by atoms with Gasteiger partial charge in [0.1, 0.15) is 11.5 Å². The lowest BCUT2D eigenvalue weighted by Crippen LogP contribution is -2.34. The molecule has 1 saturated heterocycles. The normalized spacial score (nSPS) is 18.9. The maximum Gasteiger partial charge on any atom is 0.272 e. The van der Waals surface area contributed by atoms with Crippen LogP contribution in [-0.4, -0.2) is 67.6 Å². The number of hydrogen-bond acceptors (Lipinski definition) is 5. The van der Waals surface area contributed by atoms with Gasteiger partial charge in [0.25, 0.3) is 5.91 Å². The first kappa shape index (κ1) is 15.7. The lowest BCUT2D eigenvalue weighted by molar-refractivity contribution is 0.0766. The molecule has 2 N–H and O–H groups in total. The van der Waals surface area contributed by atoms with Gasteiger partial charge in [-0.1, -0.05) is 6.07 Å². The van der Waals surface area contributed by atoms with E-state index in [1.54, 1.807) is 30.2 Å². The summed E-state index contributed by atoms with van der Waals surface area (Å²) in [6, 6.07) is 5.14. The van der Waals surface area contributed by atoms with Crippen molar-refractivity contribution in [2.45, 2.75) is 6.42 Å². The van der Waals surface area contributed by atoms with Gasteiger partial charge in [-0.05, 0) is 31.0 Å². The SMILES string of the molecule is COCCN1CC[C@@H](CN(C)C(=O)c2cccc(N)n2)C1. The number of methoxy groups -OCH3 is 1. The zero-order valence-electron chi connectivity index (χ0n) is 12.8. The van der Waals surface area contributed by atoms with Crippen LogP contribution < -0.4 is 5.73 Å². The lowest BCUT2D eigenvalue weighted by Gasteiger charge is -2.21. The molecular formula is C15H24N4O2. The Labute approximate surface area is 125 Å². The zero-order valence-corrected chi connectivity index (χ0v) is 12.8. The highest BCUT2D eigenvalue weighted by atomic mass is 16.5. The molecule has 6 nitrogen and oxygen atoms in total. The molecule has 21 heavy (non-hydrogen) atoms. The van der Waals surface area contributed by atoms with E-state index in [2.05, 4.69) is 9.88 Å². The highest BCUT2D eigenvalue weighted by Gasteiger charge is 2.25. The van der Waals surface area contributed by atoms with E-state index in [-0.39, 0.29) is 5.91 Å². The van der Waals surface area contributed by atoms with Crippen molar-refractivity contribution in [3.05, 3.63) is 23.9 Å². The highest BCUT2D eigenvalue weighted by Crippen LogP contribution is 2.17. The van der Waals surface area contributed by atoms with Crippen LogP contribution in [-0.2, 0) is 4.74 Å². The van der Waals surface area contributed by atoms with Crippen molar-refractivity contribution in [1.29, 1.82) is 0 Å². The fourth-order valence-corrected chi connectivity index (χ4v) is 2.72. The Morgan fingerprint density at radius 3 is 3.10 bits per heavy atom. The van der Waals surface area contributed by atoms with Gasteiger partial charge in [-0.25, -0.2) is 4.98 Å². The van der Waals surface area contributed by atoms with Crippen LogP contribution >= 0.6 is 0 Å². The third kappa shape index (κ3) is 4.41. The Morgan fingerprint density at radius 1 is 1.57 bits per heavy atom. The first-order valence-electron chi connectivity index (χ1n) is 7.29. The third-order valence-electron chi connectivity index (χ3n) is 3.85. The number of carbonyl (C=O) groups is 1. The molecule has 2 rings (SSSR count). The Kier molecular flexibility index (Phi) is 5.52. The summed E-state index contributed by atoms with van der Waals surface area (Å²) >= 11 is 0. The van der Waals surface area contributed by atoms with E-state index < -0.39 is 0 Å². The first-order valence-corrected chi connectivity index (χ1v) is 7.29. The summed E-state index contributed by atoms with van der Waals surface area (Å²) in [4.78, 5) is 20.5. The third-order valence-corrected chi connectivity index (χ3v) is 3.85. The molecule has 0 aliphatic carbocycles. The molecule has 0 unspecified atom stereocenters. The number of nitrogens with zero attached hydrogens (tertiary/aromatic N) is 3. The van der Waals surface area contributed by atoms with E-state index in [0.717, 1.165) is 39.2 Å². The average molecular weight is 292 g/mol. The number of nitrogens with two attached hydrogens (primary N) is 1. The molecule has 2 heterocycles. The molecule has 1 aliphatic rings. The van der Waals surface area contributed by atoms with E-state index in [4.69, 9.17) is 10.5 Å². The van der Waals surface area contributed by atoms with Gasteiger partial charge in [-0.15, -0.1) is 0 Å². The van der Waals surface area contributed by atoms with Crippen LogP contribution in [0.3, 0.4) is 0 Å². The fourth-order valence-electron chi connectivity index (χ4n) is 2.72. The summed E-state index contributed by atoms with van der Waals surface area (Å²) in [5.74, 6) is 0.815. The van der Waals surface area contributed by atoms with Gasteiger partial charge in [0.15, 0.2) is 0 Å². The summed E-state index contributed by atoms with van der Waals surface area (Å²) < 4.78 is 5.10. The number of nitrogen functional groups attached to an aromatic ring is 1. The Balaban J connectivity index is 1.84. The summed E-state index contributed by atoms with van der Waals surface area (Å²) in [5, 5.41) is 0. The first-order chi connectivity index (χ1) is 10.1. The molecule has 1 fully saturated rings. The van der Waals surface area contributed by atoms with E-state index in [1.165, 1.54) is 0 Å². The number of hydrogen-bond donors (Lipinski definition) is 1. The number of likely N-dealkylation sites (tertiary alicyclic amines) is 1. The van der Waals surface area contributed by atoms with Crippen molar-refractivity contribution in [2.75, 3.05) is 52.7 Å².